The van der Waals surface area contributed by atoms with Crippen LogP contribution in [0, 0.1) is 6.92 Å². The predicted octanol–water partition coefficient (Wildman–Crippen LogP) is 3.63. The van der Waals surface area contributed by atoms with E-state index in [1.807, 2.05) is 14.0 Å². The van der Waals surface area contributed by atoms with Crippen molar-refractivity contribution in [3.05, 3.63) is 69.5 Å². The Hall–Kier alpha value is -3.35. The summed E-state index contributed by atoms with van der Waals surface area (Å²) in [5.41, 5.74) is 8.82. The van der Waals surface area contributed by atoms with E-state index >= 15 is 0 Å². The highest BCUT2D eigenvalue weighted by molar-refractivity contribution is 6.18. The van der Waals surface area contributed by atoms with Crippen LogP contribution in [0.4, 0.5) is 0 Å². The predicted molar refractivity (Wildman–Crippen MR) is 122 cm³/mol. The molecule has 3 aliphatic rings. The number of hydrogen-bond donors (Lipinski definition) is 1. The smallest absolute Gasteiger partial charge is 0.192 e. The SMILES string of the molecule is CN/C(C)=C1\C(=O)c2c(cc(C)c3c2CCC/C3=N\n2cnnc2)C1C1=CC(=O)CCC1. The van der Waals surface area contributed by atoms with Gasteiger partial charge >= 0.3 is 0 Å². The first kappa shape index (κ1) is 20.5. The molecular weight excluding hydrogens is 402 g/mol. The van der Waals surface area contributed by atoms with Gasteiger partial charge in [-0.2, -0.15) is 5.10 Å². The van der Waals surface area contributed by atoms with Crippen LogP contribution in [0.25, 0.3) is 0 Å². The third-order valence-corrected chi connectivity index (χ3v) is 6.89. The van der Waals surface area contributed by atoms with Crippen molar-refractivity contribution in [2.75, 3.05) is 7.05 Å². The molecular formula is C25H27N5O2. The Bertz CT molecular complexity index is 1220. The van der Waals surface area contributed by atoms with Gasteiger partial charge in [0.05, 0.1) is 5.71 Å². The van der Waals surface area contributed by atoms with Gasteiger partial charge in [0.1, 0.15) is 12.7 Å². The average Bonchev–Trinajstić information content (AvgIpc) is 3.39. The van der Waals surface area contributed by atoms with Gasteiger partial charge < -0.3 is 5.32 Å². The minimum Gasteiger partial charge on any atom is -0.391 e. The van der Waals surface area contributed by atoms with E-state index in [-0.39, 0.29) is 17.5 Å². The standard InChI is InChI=1S/C25H27N5O2/c1-14-10-19-23(16-6-4-7-17(31)11-16)22(15(2)26-3)25(32)24(19)18-8-5-9-20(21(14)18)29-30-12-27-28-13-30/h10-13,23,26H,4-9H2,1-3H3/b22-15-,29-20+. The van der Waals surface area contributed by atoms with Gasteiger partial charge in [0.2, 0.25) is 0 Å². The molecule has 0 saturated heterocycles. The Morgan fingerprint density at radius 1 is 1.09 bits per heavy atom. The van der Waals surface area contributed by atoms with Crippen LogP contribution in [0.5, 0.6) is 0 Å². The third-order valence-electron chi connectivity index (χ3n) is 6.89. The van der Waals surface area contributed by atoms with E-state index in [0.29, 0.717) is 6.42 Å². The number of aromatic nitrogens is 3. The lowest BCUT2D eigenvalue weighted by Crippen LogP contribution is -2.19. The van der Waals surface area contributed by atoms with Crippen molar-refractivity contribution < 1.29 is 9.59 Å². The summed E-state index contributed by atoms with van der Waals surface area (Å²) in [6.45, 7) is 4.05. The van der Waals surface area contributed by atoms with Crippen molar-refractivity contribution >= 4 is 17.3 Å². The Kier molecular flexibility index (Phi) is 5.12. The summed E-state index contributed by atoms with van der Waals surface area (Å²) >= 11 is 0. The van der Waals surface area contributed by atoms with E-state index in [9.17, 15) is 9.59 Å². The molecule has 0 saturated carbocycles. The lowest BCUT2D eigenvalue weighted by Gasteiger charge is -2.25. The number of allylic oxidation sites excluding steroid dienone is 4. The second-order valence-electron chi connectivity index (χ2n) is 8.84. The molecule has 1 aromatic carbocycles. The van der Waals surface area contributed by atoms with Gasteiger partial charge in [-0.3, -0.25) is 9.59 Å². The van der Waals surface area contributed by atoms with Gasteiger partial charge in [-0.25, -0.2) is 4.68 Å². The molecule has 164 valence electrons. The minimum absolute atomic E-state index is 0.0811. The van der Waals surface area contributed by atoms with Crippen molar-refractivity contribution in [3.63, 3.8) is 0 Å². The van der Waals surface area contributed by atoms with Gasteiger partial charge in [0, 0.05) is 41.8 Å². The molecule has 32 heavy (non-hydrogen) atoms. The molecule has 3 aliphatic carbocycles. The van der Waals surface area contributed by atoms with Crippen LogP contribution < -0.4 is 5.32 Å². The van der Waals surface area contributed by atoms with E-state index in [1.165, 1.54) is 0 Å². The van der Waals surface area contributed by atoms with E-state index in [2.05, 4.69) is 28.5 Å². The summed E-state index contributed by atoms with van der Waals surface area (Å²) in [6.07, 6.45) is 9.86. The highest BCUT2D eigenvalue weighted by Crippen LogP contribution is 2.48. The molecule has 0 amide bonds. The zero-order valence-electron chi connectivity index (χ0n) is 18.7. The molecule has 0 radical (unpaired) electrons. The van der Waals surface area contributed by atoms with Crippen LogP contribution in [0.15, 0.2) is 46.7 Å². The molecule has 2 aromatic rings. The Balaban J connectivity index is 1.74. The summed E-state index contributed by atoms with van der Waals surface area (Å²) in [5.74, 6) is 0.0857. The zero-order chi connectivity index (χ0) is 22.4. The fourth-order valence-electron chi connectivity index (χ4n) is 5.48. The number of nitrogens with zero attached hydrogens (tertiary/aromatic N) is 4. The normalized spacial score (nSPS) is 23.2. The summed E-state index contributed by atoms with van der Waals surface area (Å²) in [5, 5.41) is 15.6. The van der Waals surface area contributed by atoms with Crippen LogP contribution in [-0.2, 0) is 11.2 Å². The largest absolute Gasteiger partial charge is 0.391 e. The van der Waals surface area contributed by atoms with E-state index < -0.39 is 0 Å². The first-order valence-electron chi connectivity index (χ1n) is 11.2. The minimum atomic E-state index is -0.154. The van der Waals surface area contributed by atoms with Crippen molar-refractivity contribution in [3.8, 4) is 0 Å². The Morgan fingerprint density at radius 2 is 1.84 bits per heavy atom. The lowest BCUT2D eigenvalue weighted by atomic mass is 9.79. The molecule has 7 heteroatoms. The van der Waals surface area contributed by atoms with Crippen molar-refractivity contribution in [1.82, 2.24) is 20.2 Å². The maximum absolute atomic E-state index is 13.9. The number of fused-ring (bicyclic) bond motifs is 3. The lowest BCUT2D eigenvalue weighted by molar-refractivity contribution is -0.115. The number of benzene rings is 1. The molecule has 0 aliphatic heterocycles. The monoisotopic (exact) mass is 429 g/mol. The molecule has 7 nitrogen and oxygen atoms in total. The average molecular weight is 430 g/mol. The van der Waals surface area contributed by atoms with Crippen molar-refractivity contribution in [1.29, 1.82) is 0 Å². The first-order valence-corrected chi connectivity index (χ1v) is 11.2. The van der Waals surface area contributed by atoms with E-state index in [1.54, 1.807) is 23.4 Å². The second kappa shape index (κ2) is 7.97. The van der Waals surface area contributed by atoms with E-state index in [4.69, 9.17) is 5.10 Å². The number of carbonyl (C=O) groups is 2. The quantitative estimate of drug-likeness (QED) is 0.753. The summed E-state index contributed by atoms with van der Waals surface area (Å²) in [6, 6.07) is 2.15. The molecule has 0 fully saturated rings. The fraction of sp³-hybridized carbons (Fsp3) is 0.400. The molecule has 1 aromatic heterocycles. The van der Waals surface area contributed by atoms with Crippen LogP contribution in [-0.4, -0.2) is 39.2 Å². The van der Waals surface area contributed by atoms with Gasteiger partial charge in [-0.15, -0.1) is 10.2 Å². The number of Topliss-reactive ketones (excluding diaryl/α,β-unsaturated/α-hetero) is 1. The van der Waals surface area contributed by atoms with E-state index in [0.717, 1.165) is 82.5 Å². The van der Waals surface area contributed by atoms with Crippen molar-refractivity contribution in [2.24, 2.45) is 5.10 Å². The molecule has 1 N–H and O–H groups in total. The van der Waals surface area contributed by atoms with Gasteiger partial charge in [0.15, 0.2) is 11.6 Å². The molecule has 1 atom stereocenters. The van der Waals surface area contributed by atoms with Crippen LogP contribution in [0.2, 0.25) is 0 Å². The van der Waals surface area contributed by atoms with Gasteiger partial charge in [0.25, 0.3) is 0 Å². The molecule has 5 rings (SSSR count). The molecule has 1 heterocycles. The fourth-order valence-corrected chi connectivity index (χ4v) is 5.48. The number of hydrogen-bond acceptors (Lipinski definition) is 6. The summed E-state index contributed by atoms with van der Waals surface area (Å²) in [4.78, 5) is 26.1. The van der Waals surface area contributed by atoms with Gasteiger partial charge in [-0.1, -0.05) is 11.6 Å². The molecule has 1 unspecified atom stereocenters. The number of rotatable bonds is 3. The Morgan fingerprint density at radius 3 is 2.56 bits per heavy atom. The van der Waals surface area contributed by atoms with Crippen LogP contribution in [0.3, 0.4) is 0 Å². The topological polar surface area (TPSA) is 89.2 Å². The molecule has 0 bridgehead atoms. The third kappa shape index (κ3) is 3.23. The van der Waals surface area contributed by atoms with Crippen LogP contribution >= 0.6 is 0 Å². The van der Waals surface area contributed by atoms with Crippen molar-refractivity contribution in [2.45, 2.75) is 58.3 Å². The maximum atomic E-state index is 13.9. The second-order valence-corrected chi connectivity index (χ2v) is 8.84. The number of nitrogens with one attached hydrogen (secondary N) is 1. The highest BCUT2D eigenvalue weighted by Gasteiger charge is 2.42. The summed E-state index contributed by atoms with van der Waals surface area (Å²) < 4.78 is 1.62. The zero-order valence-corrected chi connectivity index (χ0v) is 18.7. The molecule has 0 spiro atoms. The number of aryl methyl sites for hydroxylation is 1. The van der Waals surface area contributed by atoms with Gasteiger partial charge in [-0.05, 0) is 68.7 Å². The summed E-state index contributed by atoms with van der Waals surface area (Å²) in [7, 11) is 1.85. The highest BCUT2D eigenvalue weighted by atomic mass is 16.1. The maximum Gasteiger partial charge on any atom is 0.192 e. The number of carbonyl (C=O) groups excluding carboxylic acids is 2. The first-order chi connectivity index (χ1) is 15.5. The Labute approximate surface area is 187 Å². The number of ketones is 2. The van der Waals surface area contributed by atoms with Crippen LogP contribution in [0.1, 0.15) is 77.6 Å².